The van der Waals surface area contributed by atoms with Crippen LogP contribution in [0, 0.1) is 50.2 Å². The summed E-state index contributed by atoms with van der Waals surface area (Å²) >= 11 is 0. The summed E-state index contributed by atoms with van der Waals surface area (Å²) in [6.45, 7) is 4.16. The Bertz CT molecular complexity index is 6330. The number of phenolic OH excluding ortho intramolecular Hbond substituents is 1. The van der Waals surface area contributed by atoms with Crippen LogP contribution in [0.5, 0.6) is 5.75 Å². The van der Waals surface area contributed by atoms with Gasteiger partial charge in [0, 0.05) is 128 Å². The molecular formula is C112H80Ir2N19OPt2-. The number of nitrogens with zero attached hydrogens (tertiary/aromatic N) is 19. The number of aromatic hydroxyl groups is 1. The first-order valence-electron chi connectivity index (χ1n) is 41.8. The van der Waals surface area contributed by atoms with E-state index in [0.717, 1.165) is 158 Å². The second-order valence-corrected chi connectivity index (χ2v) is 28.6. The molecule has 0 fully saturated rings. The van der Waals surface area contributed by atoms with Crippen LogP contribution in [0.15, 0.2) is 445 Å². The minimum atomic E-state index is 0. The number of rotatable bonds is 14. The van der Waals surface area contributed by atoms with Crippen LogP contribution in [0.3, 0.4) is 0 Å². The van der Waals surface area contributed by atoms with Crippen LogP contribution in [0.25, 0.3) is 158 Å². The molecule has 15 aromatic heterocycles. The molecular weight excluding hydrogens is 2400 g/mol. The van der Waals surface area contributed by atoms with Crippen LogP contribution in [0.2, 0.25) is 0 Å². The number of hydrogen-bond donors (Lipinski definition) is 1. The first kappa shape index (κ1) is 101. The van der Waals surface area contributed by atoms with Crippen molar-refractivity contribution in [3.63, 3.8) is 0 Å². The topological polar surface area (TPSA) is 269 Å². The molecule has 0 amide bonds. The molecule has 0 spiro atoms. The Hall–Kier alpha value is -15.6. The third kappa shape index (κ3) is 29.9. The summed E-state index contributed by atoms with van der Waals surface area (Å²) < 4.78 is 0. The average Bonchev–Trinajstić information content (AvgIpc) is 1.26. The molecule has 1 N–H and O–H groups in total. The van der Waals surface area contributed by atoms with E-state index in [1.807, 2.05) is 328 Å². The van der Waals surface area contributed by atoms with Gasteiger partial charge in [-0.25, -0.2) is 0 Å². The van der Waals surface area contributed by atoms with Crippen molar-refractivity contribution < 1.29 is 87.4 Å². The molecule has 0 bridgehead atoms. The fourth-order valence-electron chi connectivity index (χ4n) is 13.1. The smallest absolute Gasteiger partial charge is 0.574 e. The molecule has 0 saturated heterocycles. The SMILES string of the molecule is Cc1cc(-c2[c-]cccc2)nc(-c2[c-]cccc2)c1.Cc1cc(-c2ccccn2)[c-]c(-c2ccccn2)c1.Oc1c(-c2ccccc2)cccc1-c1ccccc1.[Ir+3].[Ir+3].[Pt+2].[Pt].[c-]1c(-c2ccccn2)cncc1-c1ccccn1.[c-]1c(-c2ccccn2)cncc1-c1ccccn1.[c-]1ccccc1-c1cccc(-c2ccccn2)n1.c1cc(-c2ccn[n-]2)nc(-c2ccn[n-]2)c1.c1nc[n-]n1. The third-order valence-electron chi connectivity index (χ3n) is 19.3. The number of aromatic nitrogens is 19. The minimum Gasteiger partial charge on any atom is -0.574 e. The van der Waals surface area contributed by atoms with E-state index in [1.54, 1.807) is 80.6 Å². The molecule has 0 radical (unpaired) electrons. The summed E-state index contributed by atoms with van der Waals surface area (Å²) in [6.07, 6.45) is 25.5. The van der Waals surface area contributed by atoms with Crippen molar-refractivity contribution in [3.05, 3.63) is 493 Å². The van der Waals surface area contributed by atoms with Crippen molar-refractivity contribution in [2.45, 2.75) is 13.8 Å². The van der Waals surface area contributed by atoms with E-state index in [9.17, 15) is 5.11 Å². The van der Waals surface area contributed by atoms with Gasteiger partial charge in [-0.2, -0.15) is 0 Å². The molecule has 136 heavy (non-hydrogen) atoms. The van der Waals surface area contributed by atoms with E-state index in [0.29, 0.717) is 5.75 Å². The van der Waals surface area contributed by atoms with Gasteiger partial charge < -0.3 is 50.5 Å². The van der Waals surface area contributed by atoms with Crippen molar-refractivity contribution in [2.75, 3.05) is 0 Å². The van der Waals surface area contributed by atoms with Crippen LogP contribution in [0.4, 0.5) is 0 Å². The molecule has 22 rings (SSSR count). The monoisotopic (exact) mass is 2480 g/mol. The molecule has 20 nitrogen and oxygen atoms in total. The fourth-order valence-corrected chi connectivity index (χ4v) is 13.1. The Morgan fingerprint density at radius 3 is 0.897 bits per heavy atom. The van der Waals surface area contributed by atoms with Gasteiger partial charge in [-0.3, -0.25) is 50.0 Å². The Kier molecular flexibility index (Phi) is 40.4. The summed E-state index contributed by atoms with van der Waals surface area (Å²) in [7, 11) is 0. The average molecular weight is 2480 g/mol. The van der Waals surface area contributed by atoms with Gasteiger partial charge in [-0.15, -0.1) is 144 Å². The van der Waals surface area contributed by atoms with Gasteiger partial charge in [-0.1, -0.05) is 264 Å². The molecule has 7 aromatic carbocycles. The minimum absolute atomic E-state index is 0. The maximum absolute atomic E-state index is 10.5. The normalized spacial score (nSPS) is 9.93. The Labute approximate surface area is 845 Å². The predicted octanol–water partition coefficient (Wildman–Crippen LogP) is 23.1. The number of para-hydroxylation sites is 1. The van der Waals surface area contributed by atoms with Gasteiger partial charge >= 0.3 is 61.3 Å². The number of pyridine rings is 12. The maximum atomic E-state index is 10.5. The number of phenols is 1. The summed E-state index contributed by atoms with van der Waals surface area (Å²) in [6, 6.07) is 133. The Balaban J connectivity index is 0.000000150. The van der Waals surface area contributed by atoms with E-state index in [1.165, 1.54) is 23.8 Å². The van der Waals surface area contributed by atoms with E-state index in [-0.39, 0.29) is 82.3 Å². The molecule has 0 aliphatic heterocycles. The van der Waals surface area contributed by atoms with E-state index in [4.69, 9.17) is 4.98 Å². The van der Waals surface area contributed by atoms with Gasteiger partial charge in [0.15, 0.2) is 0 Å². The zero-order valence-electron chi connectivity index (χ0n) is 72.9. The van der Waals surface area contributed by atoms with E-state index >= 15 is 0 Å². The predicted molar refractivity (Wildman–Crippen MR) is 516 cm³/mol. The van der Waals surface area contributed by atoms with Gasteiger partial charge in [0.25, 0.3) is 0 Å². The van der Waals surface area contributed by atoms with Crippen molar-refractivity contribution in [3.8, 4) is 163 Å². The summed E-state index contributed by atoms with van der Waals surface area (Å²) in [5, 5.41) is 32.7. The van der Waals surface area contributed by atoms with Crippen molar-refractivity contribution in [1.29, 1.82) is 0 Å². The summed E-state index contributed by atoms with van der Waals surface area (Å²) in [4.78, 5) is 56.0. The van der Waals surface area contributed by atoms with Gasteiger partial charge in [0.2, 0.25) is 0 Å². The molecule has 0 saturated carbocycles. The third-order valence-corrected chi connectivity index (χ3v) is 19.3. The van der Waals surface area contributed by atoms with E-state index < -0.39 is 0 Å². The first-order valence-corrected chi connectivity index (χ1v) is 41.8. The molecule has 15 heterocycles. The van der Waals surface area contributed by atoms with Crippen molar-refractivity contribution >= 4 is 0 Å². The zero-order valence-corrected chi connectivity index (χ0v) is 82.2. The molecule has 0 aliphatic carbocycles. The molecule has 22 aromatic rings. The largest absolute Gasteiger partial charge is 3.00 e. The van der Waals surface area contributed by atoms with Crippen LogP contribution in [-0.2, 0) is 82.3 Å². The number of aryl methyl sites for hydroxylation is 2. The molecule has 24 heteroatoms. The van der Waals surface area contributed by atoms with Crippen molar-refractivity contribution in [1.82, 2.24) is 95.4 Å². The Morgan fingerprint density at radius 2 is 0.566 bits per heavy atom. The standard InChI is InChI=1S/C18H13N.C18H14O.C17H13N2.C16H11N2.2C15H10N3.C11H7N5.C2H2N3.2Ir.2Pt/c1-14-12-17(15-8-4-2-5-9-15)19-18(13-14)16-10-6-3-7-11-16;19-18-16(14-8-3-1-4-9-14)12-7-13-17(18)15-10-5-2-6-11-15;1-13-10-14(16-6-2-4-8-18-16)12-15(11-13)17-7-3-5-9-19-17;1-2-7-13(8-3-1)14-10-6-11-16(18-14)15-9-4-5-12-17-15;2*1-3-7-17-14(5-1)12-9-13(11-16-10-12)15-6-2-4-8-18-15;1-2-8(10-4-6-12-15-10)14-9(3-1)11-5-7-13-16-11;1-3-2-5-4-1;;;;/h2-8,10,12-13H,1H3;1-13,19H;2-11H,1H3;1-7,9-12H;2*1-8,10-11H;1-7H;1-2H;;;;/q-2;;4*-1;-2;-1;2*+3;;+2. The van der Waals surface area contributed by atoms with Crippen LogP contribution < -0.4 is 15.3 Å². The van der Waals surface area contributed by atoms with Gasteiger partial charge in [0.05, 0.1) is 22.8 Å². The Morgan fingerprint density at radius 1 is 0.257 bits per heavy atom. The number of benzene rings is 7. The van der Waals surface area contributed by atoms with Crippen LogP contribution >= 0.6 is 0 Å². The number of hydrogen-bond acceptors (Lipinski definition) is 17. The molecule has 668 valence electrons. The quantitative estimate of drug-likeness (QED) is 0.0991. The van der Waals surface area contributed by atoms with Gasteiger partial charge in [-0.05, 0) is 127 Å². The second kappa shape index (κ2) is 54.4. The van der Waals surface area contributed by atoms with Crippen LogP contribution in [0.1, 0.15) is 11.1 Å². The second-order valence-electron chi connectivity index (χ2n) is 28.6. The van der Waals surface area contributed by atoms with Crippen molar-refractivity contribution in [2.24, 2.45) is 0 Å². The van der Waals surface area contributed by atoms with Gasteiger partial charge in [0.1, 0.15) is 5.75 Å². The fraction of sp³-hybridized carbons (Fsp3) is 0.0179. The molecule has 0 atom stereocenters. The summed E-state index contributed by atoms with van der Waals surface area (Å²) in [5.74, 6) is 0.333. The molecule has 0 unspecified atom stereocenters. The van der Waals surface area contributed by atoms with E-state index in [2.05, 4.69) is 165 Å². The first-order chi connectivity index (χ1) is 65.2. The molecule has 0 aliphatic rings. The maximum Gasteiger partial charge on any atom is 3.00 e. The van der Waals surface area contributed by atoms with Crippen LogP contribution in [-0.4, -0.2) is 85.2 Å². The summed E-state index contributed by atoms with van der Waals surface area (Å²) in [5.41, 5.74) is 27.7. The zero-order chi connectivity index (χ0) is 90.2.